The van der Waals surface area contributed by atoms with Crippen LogP contribution >= 0.6 is 0 Å². The van der Waals surface area contributed by atoms with E-state index < -0.39 is 0 Å². The summed E-state index contributed by atoms with van der Waals surface area (Å²) in [6.07, 6.45) is 11.7. The summed E-state index contributed by atoms with van der Waals surface area (Å²) in [6, 6.07) is 1.77. The van der Waals surface area contributed by atoms with Crippen molar-refractivity contribution in [2.24, 2.45) is 0 Å². The molecule has 0 aromatic heterocycles. The van der Waals surface area contributed by atoms with Crippen LogP contribution in [0.15, 0.2) is 0 Å². The lowest BCUT2D eigenvalue weighted by molar-refractivity contribution is -0.133. The van der Waals surface area contributed by atoms with Crippen molar-refractivity contribution in [3.63, 3.8) is 0 Å². The van der Waals surface area contributed by atoms with Crippen molar-refractivity contribution < 1.29 is 9.53 Å². The summed E-state index contributed by atoms with van der Waals surface area (Å²) in [6.45, 7) is 4.10. The van der Waals surface area contributed by atoms with Gasteiger partial charge in [0.25, 0.3) is 0 Å². The first-order chi connectivity index (χ1) is 11.2. The molecule has 0 aliphatic carbocycles. The Kier molecular flexibility index (Phi) is 7.84. The van der Waals surface area contributed by atoms with Crippen LogP contribution in [0.1, 0.15) is 71.1 Å². The third kappa shape index (κ3) is 5.18. The summed E-state index contributed by atoms with van der Waals surface area (Å²) in [5.74, 6) is 0.358. The molecule has 4 nitrogen and oxygen atoms in total. The van der Waals surface area contributed by atoms with Gasteiger partial charge in [0.1, 0.15) is 0 Å². The van der Waals surface area contributed by atoms with Gasteiger partial charge in [-0.25, -0.2) is 0 Å². The van der Waals surface area contributed by atoms with E-state index in [-0.39, 0.29) is 0 Å². The first-order valence-corrected chi connectivity index (χ1v) is 9.67. The van der Waals surface area contributed by atoms with Crippen molar-refractivity contribution in [1.82, 2.24) is 9.80 Å². The van der Waals surface area contributed by atoms with Gasteiger partial charge in [-0.15, -0.1) is 0 Å². The molecule has 2 saturated heterocycles. The number of hydrogen-bond donors (Lipinski definition) is 0. The van der Waals surface area contributed by atoms with E-state index in [4.69, 9.17) is 4.74 Å². The van der Waals surface area contributed by atoms with Crippen molar-refractivity contribution in [2.45, 2.75) is 89.3 Å². The number of amides is 1. The molecule has 0 spiro atoms. The van der Waals surface area contributed by atoms with Crippen LogP contribution in [-0.4, -0.2) is 61.1 Å². The number of nitrogens with zero attached hydrogens (tertiary/aromatic N) is 2. The van der Waals surface area contributed by atoms with Crippen LogP contribution < -0.4 is 0 Å². The average molecular weight is 325 g/mol. The Morgan fingerprint density at radius 3 is 2.39 bits per heavy atom. The van der Waals surface area contributed by atoms with Crippen LogP contribution in [0, 0.1) is 0 Å². The van der Waals surface area contributed by atoms with E-state index in [2.05, 4.69) is 16.7 Å². The Bertz CT molecular complexity index is 347. The number of piperidine rings is 1. The normalized spacial score (nSPS) is 27.3. The number of carbonyl (C=O) groups is 1. The first kappa shape index (κ1) is 18.7. The lowest BCUT2D eigenvalue weighted by Crippen LogP contribution is -2.51. The van der Waals surface area contributed by atoms with Gasteiger partial charge in [-0.1, -0.05) is 32.6 Å². The lowest BCUT2D eigenvalue weighted by atomic mass is 9.95. The van der Waals surface area contributed by atoms with Crippen LogP contribution in [0.5, 0.6) is 0 Å². The number of ether oxygens (including phenoxy) is 1. The Hall–Kier alpha value is -0.610. The summed E-state index contributed by atoms with van der Waals surface area (Å²) < 4.78 is 5.25. The predicted octanol–water partition coefficient (Wildman–Crippen LogP) is 3.45. The summed E-state index contributed by atoms with van der Waals surface area (Å²) in [5.41, 5.74) is 0. The van der Waals surface area contributed by atoms with Gasteiger partial charge >= 0.3 is 0 Å². The van der Waals surface area contributed by atoms with Gasteiger partial charge in [-0.2, -0.15) is 0 Å². The monoisotopic (exact) mass is 324 g/mol. The lowest BCUT2D eigenvalue weighted by Gasteiger charge is -2.42. The maximum absolute atomic E-state index is 12.5. The highest BCUT2D eigenvalue weighted by atomic mass is 16.5. The second-order valence-corrected chi connectivity index (χ2v) is 7.41. The molecule has 2 bridgehead atoms. The zero-order valence-electron chi connectivity index (χ0n) is 15.4. The molecule has 2 aliphatic rings. The van der Waals surface area contributed by atoms with Gasteiger partial charge in [0.15, 0.2) is 0 Å². The van der Waals surface area contributed by atoms with Gasteiger partial charge in [0.05, 0.1) is 6.61 Å². The van der Waals surface area contributed by atoms with Crippen LogP contribution in [0.3, 0.4) is 0 Å². The van der Waals surface area contributed by atoms with Gasteiger partial charge in [0.2, 0.25) is 5.91 Å². The SMILES string of the molecule is CCCCCCCC(=O)N(C)C1CC2CCC(C1)N2CCOC. The second-order valence-electron chi connectivity index (χ2n) is 7.41. The molecule has 23 heavy (non-hydrogen) atoms. The minimum atomic E-state index is 0.358. The number of methoxy groups -OCH3 is 1. The standard InChI is InChI=1S/C19H36N2O2/c1-4-5-6-7-8-9-19(22)20(2)18-14-16-10-11-17(15-18)21(16)12-13-23-3/h16-18H,4-15H2,1-3H3. The molecule has 0 aromatic rings. The molecular formula is C19H36N2O2. The highest BCUT2D eigenvalue weighted by Gasteiger charge is 2.42. The number of rotatable bonds is 10. The molecular weight excluding hydrogens is 288 g/mol. The number of hydrogen-bond acceptors (Lipinski definition) is 3. The van der Waals surface area contributed by atoms with E-state index in [1.807, 2.05) is 7.05 Å². The zero-order valence-corrected chi connectivity index (χ0v) is 15.4. The fourth-order valence-electron chi connectivity index (χ4n) is 4.38. The number of carbonyl (C=O) groups excluding carboxylic acids is 1. The van der Waals surface area contributed by atoms with Crippen LogP contribution in [0.2, 0.25) is 0 Å². The Balaban J connectivity index is 1.74. The molecule has 1 amide bonds. The Labute approximate surface area is 142 Å². The molecule has 4 heteroatoms. The maximum Gasteiger partial charge on any atom is 0.222 e. The molecule has 2 rings (SSSR count). The summed E-state index contributed by atoms with van der Waals surface area (Å²) in [4.78, 5) is 17.2. The number of unbranched alkanes of at least 4 members (excludes halogenated alkanes) is 4. The topological polar surface area (TPSA) is 32.8 Å². The highest BCUT2D eigenvalue weighted by Crippen LogP contribution is 2.37. The van der Waals surface area contributed by atoms with Gasteiger partial charge < -0.3 is 9.64 Å². The fraction of sp³-hybridized carbons (Fsp3) is 0.947. The average Bonchev–Trinajstić information content (AvgIpc) is 2.79. The second kappa shape index (κ2) is 9.63. The van der Waals surface area contributed by atoms with E-state index in [1.165, 1.54) is 38.5 Å². The van der Waals surface area contributed by atoms with E-state index in [1.54, 1.807) is 7.11 Å². The predicted molar refractivity (Wildman–Crippen MR) is 94.6 cm³/mol. The largest absolute Gasteiger partial charge is 0.383 e. The fourth-order valence-corrected chi connectivity index (χ4v) is 4.38. The molecule has 0 N–H and O–H groups in total. The van der Waals surface area contributed by atoms with E-state index in [0.29, 0.717) is 24.0 Å². The van der Waals surface area contributed by atoms with Gasteiger partial charge in [-0.3, -0.25) is 9.69 Å². The third-order valence-corrected chi connectivity index (χ3v) is 5.85. The molecule has 0 radical (unpaired) electrons. The first-order valence-electron chi connectivity index (χ1n) is 9.67. The minimum Gasteiger partial charge on any atom is -0.383 e. The highest BCUT2D eigenvalue weighted by molar-refractivity contribution is 5.76. The molecule has 2 unspecified atom stereocenters. The molecule has 2 atom stereocenters. The van der Waals surface area contributed by atoms with Crippen molar-refractivity contribution in [3.05, 3.63) is 0 Å². The molecule has 2 fully saturated rings. The van der Waals surface area contributed by atoms with E-state index >= 15 is 0 Å². The quantitative estimate of drug-likeness (QED) is 0.577. The molecule has 2 heterocycles. The summed E-state index contributed by atoms with van der Waals surface area (Å²) in [7, 11) is 3.81. The number of fused-ring (bicyclic) bond motifs is 2. The zero-order chi connectivity index (χ0) is 16.7. The Morgan fingerprint density at radius 1 is 1.13 bits per heavy atom. The Morgan fingerprint density at radius 2 is 1.78 bits per heavy atom. The molecule has 0 saturated carbocycles. The summed E-state index contributed by atoms with van der Waals surface area (Å²) >= 11 is 0. The van der Waals surface area contributed by atoms with Crippen molar-refractivity contribution in [1.29, 1.82) is 0 Å². The van der Waals surface area contributed by atoms with Crippen LogP contribution in [0.4, 0.5) is 0 Å². The molecule has 134 valence electrons. The summed E-state index contributed by atoms with van der Waals surface area (Å²) in [5, 5.41) is 0. The van der Waals surface area contributed by atoms with Crippen molar-refractivity contribution in [2.75, 3.05) is 27.3 Å². The third-order valence-electron chi connectivity index (χ3n) is 5.85. The van der Waals surface area contributed by atoms with Gasteiger partial charge in [0, 0.05) is 45.2 Å². The van der Waals surface area contributed by atoms with Crippen molar-refractivity contribution in [3.8, 4) is 0 Å². The van der Waals surface area contributed by atoms with Crippen molar-refractivity contribution >= 4 is 5.91 Å². The molecule has 2 aliphatic heterocycles. The van der Waals surface area contributed by atoms with E-state index in [0.717, 1.165) is 38.8 Å². The minimum absolute atomic E-state index is 0.358. The van der Waals surface area contributed by atoms with Crippen LogP contribution in [-0.2, 0) is 9.53 Å². The smallest absolute Gasteiger partial charge is 0.222 e. The van der Waals surface area contributed by atoms with Gasteiger partial charge in [-0.05, 0) is 32.1 Å². The van der Waals surface area contributed by atoms with E-state index in [9.17, 15) is 4.79 Å². The molecule has 0 aromatic carbocycles. The maximum atomic E-state index is 12.5. The van der Waals surface area contributed by atoms with Crippen LogP contribution in [0.25, 0.3) is 0 Å².